The first-order valence-corrected chi connectivity index (χ1v) is 9.17. The molecule has 0 unspecified atom stereocenters. The molecule has 0 fully saturated rings. The van der Waals surface area contributed by atoms with E-state index >= 15 is 0 Å². The quantitative estimate of drug-likeness (QED) is 0.252. The van der Waals surface area contributed by atoms with Gasteiger partial charge in [-0.05, 0) is 30.7 Å². The van der Waals surface area contributed by atoms with Crippen molar-refractivity contribution in [1.29, 1.82) is 0 Å². The molecule has 1 heterocycles. The average molecular weight is 447 g/mol. The average Bonchev–Trinajstić information content (AvgIpc) is 2.71. The predicted octanol–water partition coefficient (Wildman–Crippen LogP) is 3.22. The number of carbonyl (C=O) groups excluding carboxylic acids is 2. The Balaban J connectivity index is 1.53. The summed E-state index contributed by atoms with van der Waals surface area (Å²) in [7, 11) is 0. The normalized spacial score (nSPS) is 10.5. The third-order valence-electron chi connectivity index (χ3n) is 4.08. The Hall–Kier alpha value is -3.92. The highest BCUT2D eigenvalue weighted by Gasteiger charge is 2.14. The summed E-state index contributed by atoms with van der Waals surface area (Å²) in [5, 5.41) is 14.0. The Morgan fingerprint density at radius 3 is 2.68 bits per heavy atom. The number of carbonyl (C=O) groups is 2. The summed E-state index contributed by atoms with van der Waals surface area (Å²) < 4.78 is 15.2. The smallest absolute Gasteiger partial charge is 0.344 e. The maximum atomic E-state index is 11.9. The number of hydrogen-bond donors (Lipinski definition) is 1. The molecule has 160 valence electrons. The van der Waals surface area contributed by atoms with Gasteiger partial charge in [-0.3, -0.25) is 14.9 Å². The molecule has 2 aromatic carbocycles. The Morgan fingerprint density at radius 2 is 1.94 bits per heavy atom. The Morgan fingerprint density at radius 1 is 1.16 bits per heavy atom. The van der Waals surface area contributed by atoms with Crippen LogP contribution < -0.4 is 15.7 Å². The van der Waals surface area contributed by atoms with Gasteiger partial charge in [-0.1, -0.05) is 11.6 Å². The number of nitrogens with one attached hydrogen (secondary N) is 1. The molecule has 1 N–H and O–H groups in total. The zero-order chi connectivity index (χ0) is 22.5. The minimum Gasteiger partial charge on any atom is -0.482 e. The van der Waals surface area contributed by atoms with E-state index < -0.39 is 35.6 Å². The van der Waals surface area contributed by atoms with Crippen molar-refractivity contribution in [3.63, 3.8) is 0 Å². The fourth-order valence-corrected chi connectivity index (χ4v) is 2.80. The number of anilines is 1. The lowest BCUT2D eigenvalue weighted by molar-refractivity contribution is -0.384. The highest BCUT2D eigenvalue weighted by molar-refractivity contribution is 6.33. The topological polar surface area (TPSA) is 138 Å². The molecule has 0 saturated heterocycles. The van der Waals surface area contributed by atoms with Crippen molar-refractivity contribution in [3.05, 3.63) is 73.6 Å². The van der Waals surface area contributed by atoms with Crippen LogP contribution in [0.2, 0.25) is 5.02 Å². The van der Waals surface area contributed by atoms with Crippen LogP contribution in [0.4, 0.5) is 11.4 Å². The monoisotopic (exact) mass is 446 g/mol. The molecule has 0 bridgehead atoms. The highest BCUT2D eigenvalue weighted by Crippen LogP contribution is 2.26. The van der Waals surface area contributed by atoms with E-state index in [9.17, 15) is 24.5 Å². The minimum atomic E-state index is -0.828. The second-order valence-electron chi connectivity index (χ2n) is 6.33. The lowest BCUT2D eigenvalue weighted by atomic mass is 10.1. The van der Waals surface area contributed by atoms with Gasteiger partial charge < -0.3 is 19.2 Å². The van der Waals surface area contributed by atoms with Crippen molar-refractivity contribution in [1.82, 2.24) is 0 Å². The van der Waals surface area contributed by atoms with E-state index in [1.807, 2.05) is 0 Å². The number of non-ortho nitro benzene ring substituents is 1. The third kappa shape index (κ3) is 5.58. The molecular formula is C20H15ClN2O8. The number of amides is 1. The van der Waals surface area contributed by atoms with Crippen molar-refractivity contribution in [2.75, 3.05) is 18.5 Å². The van der Waals surface area contributed by atoms with Crippen LogP contribution in [0, 0.1) is 17.0 Å². The fourth-order valence-electron chi connectivity index (χ4n) is 2.63. The summed E-state index contributed by atoms with van der Waals surface area (Å²) in [6, 6.07) is 9.66. The molecule has 0 saturated carbocycles. The van der Waals surface area contributed by atoms with Crippen LogP contribution in [0.3, 0.4) is 0 Å². The second kappa shape index (κ2) is 9.26. The molecule has 0 atom stereocenters. The number of benzene rings is 2. The van der Waals surface area contributed by atoms with Crippen LogP contribution in [-0.4, -0.2) is 30.0 Å². The zero-order valence-electron chi connectivity index (χ0n) is 16.0. The van der Waals surface area contributed by atoms with E-state index in [1.54, 1.807) is 19.1 Å². The Labute approximate surface area is 179 Å². The maximum Gasteiger partial charge on any atom is 0.344 e. The van der Waals surface area contributed by atoms with Gasteiger partial charge in [0.2, 0.25) is 0 Å². The number of halogens is 1. The van der Waals surface area contributed by atoms with Crippen molar-refractivity contribution < 1.29 is 28.4 Å². The van der Waals surface area contributed by atoms with Crippen LogP contribution in [0.1, 0.15) is 5.56 Å². The number of fused-ring (bicyclic) bond motifs is 1. The van der Waals surface area contributed by atoms with Crippen molar-refractivity contribution in [3.8, 4) is 5.75 Å². The molecule has 11 heteroatoms. The van der Waals surface area contributed by atoms with Crippen LogP contribution >= 0.6 is 11.6 Å². The van der Waals surface area contributed by atoms with Gasteiger partial charge in [0.25, 0.3) is 11.6 Å². The van der Waals surface area contributed by atoms with Gasteiger partial charge in [-0.15, -0.1) is 0 Å². The SMILES string of the molecule is Cc1cc(=O)oc2cc(OCC(=O)OCC(=O)Nc3cc([N+](=O)[O-])ccc3Cl)ccc12. The number of rotatable bonds is 7. The number of nitrogens with zero attached hydrogens (tertiary/aromatic N) is 1. The van der Waals surface area contributed by atoms with E-state index in [1.165, 1.54) is 24.3 Å². The molecule has 0 aliphatic rings. The molecular weight excluding hydrogens is 432 g/mol. The van der Waals surface area contributed by atoms with E-state index in [4.69, 9.17) is 25.5 Å². The van der Waals surface area contributed by atoms with E-state index in [-0.39, 0.29) is 22.1 Å². The van der Waals surface area contributed by atoms with Crippen LogP contribution in [-0.2, 0) is 14.3 Å². The van der Waals surface area contributed by atoms with Gasteiger partial charge in [0.05, 0.1) is 15.6 Å². The first-order chi connectivity index (χ1) is 14.7. The number of aryl methyl sites for hydroxylation is 1. The lowest BCUT2D eigenvalue weighted by Gasteiger charge is -2.09. The summed E-state index contributed by atoms with van der Waals surface area (Å²) in [6.07, 6.45) is 0. The molecule has 10 nitrogen and oxygen atoms in total. The van der Waals surface area contributed by atoms with E-state index in [2.05, 4.69) is 5.32 Å². The highest BCUT2D eigenvalue weighted by atomic mass is 35.5. The fraction of sp³-hybridized carbons (Fsp3) is 0.150. The summed E-state index contributed by atoms with van der Waals surface area (Å²) in [6.45, 7) is 0.627. The zero-order valence-corrected chi connectivity index (χ0v) is 16.8. The number of ether oxygens (including phenoxy) is 2. The molecule has 3 rings (SSSR count). The third-order valence-corrected chi connectivity index (χ3v) is 4.41. The Bertz CT molecular complexity index is 1240. The number of nitro groups is 1. The molecule has 1 amide bonds. The lowest BCUT2D eigenvalue weighted by Crippen LogP contribution is -2.23. The van der Waals surface area contributed by atoms with Crippen LogP contribution in [0.5, 0.6) is 5.75 Å². The molecule has 0 spiro atoms. The van der Waals surface area contributed by atoms with E-state index in [0.29, 0.717) is 5.58 Å². The van der Waals surface area contributed by atoms with Gasteiger partial charge in [-0.25, -0.2) is 9.59 Å². The van der Waals surface area contributed by atoms with Gasteiger partial charge in [0, 0.05) is 29.7 Å². The first kappa shape index (κ1) is 21.8. The number of esters is 1. The summed E-state index contributed by atoms with van der Waals surface area (Å²) >= 11 is 5.89. The van der Waals surface area contributed by atoms with Gasteiger partial charge >= 0.3 is 11.6 Å². The summed E-state index contributed by atoms with van der Waals surface area (Å²) in [4.78, 5) is 45.4. The molecule has 3 aromatic rings. The number of nitro benzene ring substituents is 1. The van der Waals surface area contributed by atoms with Crippen molar-refractivity contribution in [2.24, 2.45) is 0 Å². The molecule has 0 aliphatic carbocycles. The van der Waals surface area contributed by atoms with Crippen molar-refractivity contribution in [2.45, 2.75) is 6.92 Å². The summed E-state index contributed by atoms with van der Waals surface area (Å²) in [5.41, 5.74) is 0.306. The molecule has 0 aliphatic heterocycles. The van der Waals surface area contributed by atoms with Gasteiger partial charge in [-0.2, -0.15) is 0 Å². The Kier molecular flexibility index (Phi) is 6.51. The molecule has 31 heavy (non-hydrogen) atoms. The largest absolute Gasteiger partial charge is 0.482 e. The molecule has 1 aromatic heterocycles. The first-order valence-electron chi connectivity index (χ1n) is 8.79. The maximum absolute atomic E-state index is 11.9. The summed E-state index contributed by atoms with van der Waals surface area (Å²) in [5.74, 6) is -1.30. The second-order valence-corrected chi connectivity index (χ2v) is 6.73. The van der Waals surface area contributed by atoms with Gasteiger partial charge in [0.15, 0.2) is 13.2 Å². The van der Waals surface area contributed by atoms with E-state index in [0.717, 1.165) is 17.0 Å². The van der Waals surface area contributed by atoms with Crippen LogP contribution in [0.15, 0.2) is 51.7 Å². The number of hydrogen-bond acceptors (Lipinski definition) is 8. The van der Waals surface area contributed by atoms with Gasteiger partial charge in [0.1, 0.15) is 11.3 Å². The minimum absolute atomic E-state index is 0.0149. The van der Waals surface area contributed by atoms with Crippen LogP contribution in [0.25, 0.3) is 11.0 Å². The standard InChI is InChI=1S/C20H15ClN2O8/c1-11-6-19(25)31-17-8-13(3-4-14(11)17)29-10-20(26)30-9-18(24)22-16-7-12(23(27)28)2-5-15(16)21/h2-8H,9-10H2,1H3,(H,22,24). The predicted molar refractivity (Wildman–Crippen MR) is 110 cm³/mol. The molecule has 0 radical (unpaired) electrons. The van der Waals surface area contributed by atoms with Crippen molar-refractivity contribution >= 4 is 45.8 Å².